The fourth-order valence-corrected chi connectivity index (χ4v) is 1.97. The van der Waals surface area contributed by atoms with E-state index in [1.807, 2.05) is 0 Å². The number of fused-ring (bicyclic) bond motifs is 1. The smallest absolute Gasteiger partial charge is 0.336 e. The van der Waals surface area contributed by atoms with Crippen molar-refractivity contribution in [3.05, 3.63) is 39.2 Å². The van der Waals surface area contributed by atoms with Gasteiger partial charge in [0.05, 0.1) is 5.02 Å². The van der Waals surface area contributed by atoms with Crippen LogP contribution in [0.4, 0.5) is 0 Å². The maximum Gasteiger partial charge on any atom is 0.336 e. The quantitative estimate of drug-likeness (QED) is 0.648. The van der Waals surface area contributed by atoms with Crippen LogP contribution in [0.2, 0.25) is 5.02 Å². The minimum Gasteiger partial charge on any atom is -0.506 e. The van der Waals surface area contributed by atoms with Gasteiger partial charge in [0.1, 0.15) is 11.3 Å². The van der Waals surface area contributed by atoms with Gasteiger partial charge in [0.15, 0.2) is 0 Å². The summed E-state index contributed by atoms with van der Waals surface area (Å²) in [6, 6.07) is 4.31. The number of phenolic OH excluding ortho intramolecular Hbond substituents is 1. The highest BCUT2D eigenvalue weighted by Gasteiger charge is 2.08. The number of phenols is 1. The van der Waals surface area contributed by atoms with Gasteiger partial charge in [-0.25, -0.2) is 4.79 Å². The third-order valence-corrected chi connectivity index (χ3v) is 2.95. The summed E-state index contributed by atoms with van der Waals surface area (Å²) in [5, 5.41) is 10.8. The molecule has 15 heavy (non-hydrogen) atoms. The first kappa shape index (κ1) is 10.5. The summed E-state index contributed by atoms with van der Waals surface area (Å²) < 4.78 is 4.94. The average molecular weight is 290 g/mol. The molecule has 1 aromatic carbocycles. The number of halogens is 2. The molecule has 0 saturated heterocycles. The van der Waals surface area contributed by atoms with Crippen LogP contribution in [0, 0.1) is 0 Å². The van der Waals surface area contributed by atoms with Gasteiger partial charge in [-0.3, -0.25) is 0 Å². The molecule has 0 fully saturated rings. The summed E-state index contributed by atoms with van der Waals surface area (Å²) in [5.41, 5.74) is 0.667. The predicted molar refractivity (Wildman–Crippen MR) is 61.8 cm³/mol. The molecule has 0 amide bonds. The van der Waals surface area contributed by atoms with Crippen LogP contribution in [0.1, 0.15) is 5.56 Å². The minimum atomic E-state index is -0.446. The van der Waals surface area contributed by atoms with Gasteiger partial charge in [-0.2, -0.15) is 0 Å². The summed E-state index contributed by atoms with van der Waals surface area (Å²) in [5.74, 6) is -0.0981. The Labute approximate surface area is 98.4 Å². The first-order chi connectivity index (χ1) is 7.11. The van der Waals surface area contributed by atoms with Gasteiger partial charge in [-0.1, -0.05) is 27.5 Å². The predicted octanol–water partition coefficient (Wildman–Crippen LogP) is 3.05. The second-order valence-corrected chi connectivity index (χ2v) is 3.99. The number of aromatic hydroxyl groups is 1. The number of hydrogen-bond donors (Lipinski definition) is 1. The lowest BCUT2D eigenvalue weighted by Crippen LogP contribution is -1.99. The lowest BCUT2D eigenvalue weighted by Gasteiger charge is -2.03. The molecule has 0 aliphatic carbocycles. The number of benzene rings is 1. The van der Waals surface area contributed by atoms with Crippen LogP contribution in [-0.4, -0.2) is 5.11 Å². The molecule has 0 atom stereocenters. The van der Waals surface area contributed by atoms with E-state index in [9.17, 15) is 9.90 Å². The summed E-state index contributed by atoms with van der Waals surface area (Å²) >= 11 is 9.04. The van der Waals surface area contributed by atoms with E-state index in [1.165, 1.54) is 12.1 Å². The second-order valence-electron chi connectivity index (χ2n) is 3.02. The van der Waals surface area contributed by atoms with E-state index in [0.717, 1.165) is 5.56 Å². The van der Waals surface area contributed by atoms with E-state index in [-0.39, 0.29) is 10.8 Å². The zero-order chi connectivity index (χ0) is 11.0. The van der Waals surface area contributed by atoms with Crippen molar-refractivity contribution in [2.24, 2.45) is 0 Å². The van der Waals surface area contributed by atoms with Crippen LogP contribution < -0.4 is 5.63 Å². The molecule has 0 radical (unpaired) electrons. The van der Waals surface area contributed by atoms with Crippen LogP contribution in [0.5, 0.6) is 5.75 Å². The fourth-order valence-electron chi connectivity index (χ4n) is 1.35. The summed E-state index contributed by atoms with van der Waals surface area (Å²) in [6.07, 6.45) is 0. The lowest BCUT2D eigenvalue weighted by molar-refractivity contribution is 0.473. The zero-order valence-electron chi connectivity index (χ0n) is 7.46. The Bertz CT molecular complexity index is 577. The maximum atomic E-state index is 11.2. The molecule has 0 aliphatic rings. The molecular formula is C10H6BrClO3. The summed E-state index contributed by atoms with van der Waals surface area (Å²) in [6.45, 7) is 0. The summed E-state index contributed by atoms with van der Waals surface area (Å²) in [7, 11) is 0. The van der Waals surface area contributed by atoms with Crippen molar-refractivity contribution >= 4 is 38.5 Å². The van der Waals surface area contributed by atoms with Gasteiger partial charge in [0.2, 0.25) is 0 Å². The van der Waals surface area contributed by atoms with Crippen LogP contribution in [0.25, 0.3) is 11.0 Å². The van der Waals surface area contributed by atoms with Crippen molar-refractivity contribution in [2.45, 2.75) is 5.33 Å². The molecule has 78 valence electrons. The zero-order valence-corrected chi connectivity index (χ0v) is 9.80. The van der Waals surface area contributed by atoms with E-state index in [0.29, 0.717) is 16.3 Å². The monoisotopic (exact) mass is 288 g/mol. The molecule has 1 heterocycles. The van der Waals surface area contributed by atoms with Crippen molar-refractivity contribution < 1.29 is 9.52 Å². The molecule has 3 nitrogen and oxygen atoms in total. The third kappa shape index (κ3) is 1.87. The van der Waals surface area contributed by atoms with E-state index >= 15 is 0 Å². The van der Waals surface area contributed by atoms with E-state index < -0.39 is 5.63 Å². The highest BCUT2D eigenvalue weighted by molar-refractivity contribution is 9.08. The Hall–Kier alpha value is -1.00. The largest absolute Gasteiger partial charge is 0.506 e. The van der Waals surface area contributed by atoms with Crippen molar-refractivity contribution in [2.75, 3.05) is 0 Å². The Balaban J connectivity index is 2.90. The SMILES string of the molecule is O=c1cc(CBr)c2cc(Cl)c(O)cc2o1. The first-order valence-electron chi connectivity index (χ1n) is 4.13. The Morgan fingerprint density at radius 1 is 1.40 bits per heavy atom. The molecule has 0 saturated carbocycles. The van der Waals surface area contributed by atoms with Crippen molar-refractivity contribution in [1.29, 1.82) is 0 Å². The van der Waals surface area contributed by atoms with Crippen molar-refractivity contribution in [3.8, 4) is 5.75 Å². The Kier molecular flexibility index (Phi) is 2.71. The van der Waals surface area contributed by atoms with Gasteiger partial charge < -0.3 is 9.52 Å². The maximum absolute atomic E-state index is 11.2. The molecule has 0 bridgehead atoms. The van der Waals surface area contributed by atoms with Gasteiger partial charge in [0, 0.05) is 22.8 Å². The van der Waals surface area contributed by atoms with Crippen LogP contribution in [-0.2, 0) is 5.33 Å². The minimum absolute atomic E-state index is 0.0981. The molecule has 2 rings (SSSR count). The third-order valence-electron chi connectivity index (χ3n) is 2.04. The van der Waals surface area contributed by atoms with Gasteiger partial charge >= 0.3 is 5.63 Å². The van der Waals surface area contributed by atoms with E-state index in [1.54, 1.807) is 6.07 Å². The topological polar surface area (TPSA) is 50.4 Å². The standard InChI is InChI=1S/C10H6BrClO3/c11-4-5-1-10(14)15-9-3-8(13)7(12)2-6(5)9/h1-3,13H,4H2. The molecule has 5 heteroatoms. The molecule has 2 aromatic rings. The highest BCUT2D eigenvalue weighted by Crippen LogP contribution is 2.30. The number of alkyl halides is 1. The normalized spacial score (nSPS) is 10.8. The van der Waals surface area contributed by atoms with Gasteiger partial charge in [-0.05, 0) is 11.6 Å². The molecule has 1 N–H and O–H groups in total. The highest BCUT2D eigenvalue weighted by atomic mass is 79.9. The number of hydrogen-bond acceptors (Lipinski definition) is 3. The van der Waals surface area contributed by atoms with Crippen LogP contribution >= 0.6 is 27.5 Å². The van der Waals surface area contributed by atoms with Crippen molar-refractivity contribution in [1.82, 2.24) is 0 Å². The molecular weight excluding hydrogens is 283 g/mol. The fraction of sp³-hybridized carbons (Fsp3) is 0.100. The van der Waals surface area contributed by atoms with Crippen molar-refractivity contribution in [3.63, 3.8) is 0 Å². The first-order valence-corrected chi connectivity index (χ1v) is 5.63. The number of rotatable bonds is 1. The average Bonchev–Trinajstić information content (AvgIpc) is 2.19. The molecule has 1 aromatic heterocycles. The summed E-state index contributed by atoms with van der Waals surface area (Å²) in [4.78, 5) is 11.2. The van der Waals surface area contributed by atoms with Gasteiger partial charge in [0.25, 0.3) is 0 Å². The van der Waals surface area contributed by atoms with Crippen LogP contribution in [0.15, 0.2) is 27.4 Å². The molecule has 0 unspecified atom stereocenters. The van der Waals surface area contributed by atoms with E-state index in [2.05, 4.69) is 15.9 Å². The second kappa shape index (κ2) is 3.87. The van der Waals surface area contributed by atoms with Crippen LogP contribution in [0.3, 0.4) is 0 Å². The lowest BCUT2D eigenvalue weighted by atomic mass is 10.1. The molecule has 0 spiro atoms. The van der Waals surface area contributed by atoms with E-state index in [4.69, 9.17) is 16.0 Å². The Morgan fingerprint density at radius 3 is 2.80 bits per heavy atom. The Morgan fingerprint density at radius 2 is 2.13 bits per heavy atom. The molecule has 0 aliphatic heterocycles. The van der Waals surface area contributed by atoms with Gasteiger partial charge in [-0.15, -0.1) is 0 Å².